The van der Waals surface area contributed by atoms with Gasteiger partial charge in [0.05, 0.1) is 34.4 Å². The number of carboxylic acids is 1. The fourth-order valence-electron chi connectivity index (χ4n) is 2.21. The Hall–Kier alpha value is -1.03. The summed E-state index contributed by atoms with van der Waals surface area (Å²) in [7, 11) is 1.23. The first-order chi connectivity index (χ1) is 13.4. The van der Waals surface area contributed by atoms with Gasteiger partial charge in [-0.15, -0.1) is 0 Å². The zero-order valence-corrected chi connectivity index (χ0v) is 18.9. The molecule has 2 atom stereocenters. The Bertz CT molecular complexity index is 522. The SMILES string of the molecule is CC(=O)OC(COCCCCCCCC(=O)O)COP(=O)([O-])OCC[N+](C)(C)C. The molecule has 0 aliphatic carbocycles. The second-order valence-corrected chi connectivity index (χ2v) is 9.22. The number of ether oxygens (including phenoxy) is 2. The van der Waals surface area contributed by atoms with Crippen LogP contribution in [0.1, 0.15) is 45.4 Å². The van der Waals surface area contributed by atoms with E-state index in [2.05, 4.69) is 0 Å². The van der Waals surface area contributed by atoms with Crippen LogP contribution in [-0.4, -0.2) is 81.7 Å². The predicted octanol–water partition coefficient (Wildman–Crippen LogP) is 1.57. The third-order valence-electron chi connectivity index (χ3n) is 3.75. The average Bonchev–Trinajstić information content (AvgIpc) is 2.56. The minimum atomic E-state index is -4.49. The molecule has 29 heavy (non-hydrogen) atoms. The molecule has 0 heterocycles. The van der Waals surface area contributed by atoms with Gasteiger partial charge in [-0.1, -0.05) is 19.3 Å². The lowest BCUT2D eigenvalue weighted by atomic mass is 10.1. The van der Waals surface area contributed by atoms with E-state index in [-0.39, 0.29) is 26.2 Å². The van der Waals surface area contributed by atoms with E-state index in [1.54, 1.807) is 0 Å². The summed E-state index contributed by atoms with van der Waals surface area (Å²) in [5.74, 6) is -1.35. The number of carbonyl (C=O) groups is 2. The number of hydrogen-bond donors (Lipinski definition) is 1. The number of likely N-dealkylation sites (N-methyl/N-ethyl adjacent to an activating group) is 1. The molecule has 0 saturated carbocycles. The Morgan fingerprint density at radius 2 is 1.62 bits per heavy atom. The van der Waals surface area contributed by atoms with Crippen LogP contribution in [0.15, 0.2) is 0 Å². The third-order valence-corrected chi connectivity index (χ3v) is 4.71. The summed E-state index contributed by atoms with van der Waals surface area (Å²) < 4.78 is 32.4. The second-order valence-electron chi connectivity index (χ2n) is 7.81. The minimum absolute atomic E-state index is 0.00846. The highest BCUT2D eigenvalue weighted by Crippen LogP contribution is 2.38. The van der Waals surface area contributed by atoms with E-state index in [0.29, 0.717) is 24.1 Å². The quantitative estimate of drug-likeness (QED) is 0.146. The zero-order valence-electron chi connectivity index (χ0n) is 18.0. The normalized spacial score (nSPS) is 14.9. The van der Waals surface area contributed by atoms with Crippen LogP contribution in [0.5, 0.6) is 0 Å². The predicted molar refractivity (Wildman–Crippen MR) is 104 cm³/mol. The van der Waals surface area contributed by atoms with Gasteiger partial charge in [0, 0.05) is 20.0 Å². The summed E-state index contributed by atoms with van der Waals surface area (Å²) in [5, 5.41) is 8.56. The summed E-state index contributed by atoms with van der Waals surface area (Å²) in [6, 6.07) is 0. The van der Waals surface area contributed by atoms with E-state index < -0.39 is 25.9 Å². The number of hydrogen-bond acceptors (Lipinski definition) is 8. The first kappa shape index (κ1) is 28.0. The Labute approximate surface area is 173 Å². The van der Waals surface area contributed by atoms with Gasteiger partial charge >= 0.3 is 11.9 Å². The standard InChI is InChI=1S/C18H36NO9P/c1-16(20)28-17(14-25-12-9-7-5-6-8-10-18(21)22)15-27-29(23,24)26-13-11-19(2,3)4/h17H,5-15H2,1-4H3,(H-,21,22,23,24). The maximum atomic E-state index is 11.8. The monoisotopic (exact) mass is 441 g/mol. The van der Waals surface area contributed by atoms with Crippen molar-refractivity contribution in [3.63, 3.8) is 0 Å². The number of carboxylic acid groups (broad SMARTS) is 1. The molecule has 0 aromatic heterocycles. The number of rotatable bonds is 18. The molecule has 0 radical (unpaired) electrons. The first-order valence-corrected chi connectivity index (χ1v) is 11.2. The number of phosphoric acid groups is 1. The van der Waals surface area contributed by atoms with Gasteiger partial charge in [0.25, 0.3) is 7.82 Å². The van der Waals surface area contributed by atoms with Crippen molar-refractivity contribution in [1.82, 2.24) is 0 Å². The Morgan fingerprint density at radius 1 is 1.00 bits per heavy atom. The van der Waals surface area contributed by atoms with Crippen LogP contribution in [0.4, 0.5) is 0 Å². The lowest BCUT2D eigenvalue weighted by molar-refractivity contribution is -0.870. The van der Waals surface area contributed by atoms with Gasteiger partial charge < -0.3 is 33.0 Å². The average molecular weight is 441 g/mol. The third kappa shape index (κ3) is 20.0. The van der Waals surface area contributed by atoms with Gasteiger partial charge in [0.1, 0.15) is 19.3 Å². The molecular formula is C18H36NO9P. The van der Waals surface area contributed by atoms with Gasteiger partial charge in [-0.3, -0.25) is 14.2 Å². The molecule has 11 heteroatoms. The molecule has 1 N–H and O–H groups in total. The Kier molecular flexibility index (Phi) is 14.3. The van der Waals surface area contributed by atoms with Crippen molar-refractivity contribution >= 4 is 19.8 Å². The van der Waals surface area contributed by atoms with Crippen LogP contribution in [-0.2, 0) is 32.7 Å². The van der Waals surface area contributed by atoms with Gasteiger partial charge in [0.15, 0.2) is 0 Å². The molecular weight excluding hydrogens is 405 g/mol. The van der Waals surface area contributed by atoms with E-state index in [9.17, 15) is 19.0 Å². The van der Waals surface area contributed by atoms with Crippen molar-refractivity contribution in [2.45, 2.75) is 51.6 Å². The number of aliphatic carboxylic acids is 1. The van der Waals surface area contributed by atoms with Gasteiger partial charge in [-0.05, 0) is 12.8 Å². The fourth-order valence-corrected chi connectivity index (χ4v) is 2.94. The summed E-state index contributed by atoms with van der Waals surface area (Å²) in [5.41, 5.74) is 0. The molecule has 0 aliphatic rings. The summed E-state index contributed by atoms with van der Waals surface area (Å²) in [6.07, 6.45) is 3.42. The number of quaternary nitrogens is 1. The summed E-state index contributed by atoms with van der Waals surface area (Å²) in [6.45, 7) is 1.76. The Morgan fingerprint density at radius 3 is 2.21 bits per heavy atom. The molecule has 0 aromatic rings. The van der Waals surface area contributed by atoms with Crippen LogP contribution in [0, 0.1) is 0 Å². The second kappa shape index (κ2) is 14.9. The lowest BCUT2D eigenvalue weighted by Gasteiger charge is -2.28. The summed E-state index contributed by atoms with van der Waals surface area (Å²) >= 11 is 0. The minimum Gasteiger partial charge on any atom is -0.756 e. The first-order valence-electron chi connectivity index (χ1n) is 9.78. The molecule has 0 aliphatic heterocycles. The highest BCUT2D eigenvalue weighted by molar-refractivity contribution is 7.45. The number of esters is 1. The van der Waals surface area contributed by atoms with Gasteiger partial charge in [-0.2, -0.15) is 0 Å². The lowest BCUT2D eigenvalue weighted by Crippen LogP contribution is -2.37. The van der Waals surface area contributed by atoms with Crippen LogP contribution >= 0.6 is 7.82 Å². The molecule has 0 aromatic carbocycles. The Balaban J connectivity index is 4.06. The molecule has 0 fully saturated rings. The molecule has 172 valence electrons. The highest BCUT2D eigenvalue weighted by Gasteiger charge is 2.19. The maximum absolute atomic E-state index is 11.8. The molecule has 0 saturated heterocycles. The molecule has 2 unspecified atom stereocenters. The number of carbonyl (C=O) groups excluding carboxylic acids is 1. The van der Waals surface area contributed by atoms with Crippen LogP contribution in [0.2, 0.25) is 0 Å². The smallest absolute Gasteiger partial charge is 0.303 e. The van der Waals surface area contributed by atoms with E-state index in [0.717, 1.165) is 25.7 Å². The van der Waals surface area contributed by atoms with Crippen molar-refractivity contribution in [2.24, 2.45) is 0 Å². The molecule has 10 nitrogen and oxygen atoms in total. The van der Waals surface area contributed by atoms with E-state index in [4.69, 9.17) is 23.6 Å². The van der Waals surface area contributed by atoms with Crippen LogP contribution in [0.25, 0.3) is 0 Å². The van der Waals surface area contributed by atoms with E-state index in [1.807, 2.05) is 21.1 Å². The van der Waals surface area contributed by atoms with Crippen LogP contribution in [0.3, 0.4) is 0 Å². The number of nitrogens with zero attached hydrogens (tertiary/aromatic N) is 1. The maximum Gasteiger partial charge on any atom is 0.303 e. The summed E-state index contributed by atoms with van der Waals surface area (Å²) in [4.78, 5) is 33.4. The van der Waals surface area contributed by atoms with E-state index in [1.165, 1.54) is 6.92 Å². The van der Waals surface area contributed by atoms with Crippen molar-refractivity contribution < 1.29 is 47.2 Å². The van der Waals surface area contributed by atoms with Gasteiger partial charge in [-0.25, -0.2) is 0 Å². The van der Waals surface area contributed by atoms with E-state index >= 15 is 0 Å². The van der Waals surface area contributed by atoms with Crippen molar-refractivity contribution in [3.8, 4) is 0 Å². The van der Waals surface area contributed by atoms with Crippen molar-refractivity contribution in [3.05, 3.63) is 0 Å². The van der Waals surface area contributed by atoms with Crippen LogP contribution < -0.4 is 4.89 Å². The fraction of sp³-hybridized carbons (Fsp3) is 0.889. The number of unbranched alkanes of at least 4 members (excludes halogenated alkanes) is 4. The largest absolute Gasteiger partial charge is 0.756 e. The van der Waals surface area contributed by atoms with Crippen molar-refractivity contribution in [2.75, 3.05) is 54.1 Å². The molecule has 0 amide bonds. The molecule has 0 bridgehead atoms. The number of phosphoric ester groups is 1. The zero-order chi connectivity index (χ0) is 22.3. The molecule has 0 rings (SSSR count). The highest BCUT2D eigenvalue weighted by atomic mass is 31.2. The topological polar surface area (TPSA) is 131 Å². The van der Waals surface area contributed by atoms with Crippen molar-refractivity contribution in [1.29, 1.82) is 0 Å². The van der Waals surface area contributed by atoms with Gasteiger partial charge in [0.2, 0.25) is 0 Å². The molecule has 0 spiro atoms.